The van der Waals surface area contributed by atoms with E-state index in [9.17, 15) is 4.79 Å². The fourth-order valence-electron chi connectivity index (χ4n) is 4.05. The van der Waals surface area contributed by atoms with Gasteiger partial charge in [-0.25, -0.2) is 9.78 Å². The number of nitrogens with zero attached hydrogens (tertiary/aromatic N) is 3. The van der Waals surface area contributed by atoms with Crippen molar-refractivity contribution in [3.05, 3.63) is 66.7 Å². The zero-order valence-corrected chi connectivity index (χ0v) is 14.9. The average Bonchev–Trinajstić information content (AvgIpc) is 3.36. The molecule has 1 fully saturated rings. The van der Waals surface area contributed by atoms with E-state index in [1.807, 2.05) is 40.0 Å². The van der Waals surface area contributed by atoms with Crippen LogP contribution in [0.3, 0.4) is 0 Å². The Balaban J connectivity index is 1.26. The molecule has 0 bridgehead atoms. The summed E-state index contributed by atoms with van der Waals surface area (Å²) in [5.74, 6) is 0.495. The molecule has 136 valence electrons. The van der Waals surface area contributed by atoms with Crippen molar-refractivity contribution in [2.45, 2.75) is 18.8 Å². The Bertz CT molecular complexity index is 1100. The van der Waals surface area contributed by atoms with Gasteiger partial charge in [0, 0.05) is 60.5 Å². The average molecular weight is 359 g/mol. The van der Waals surface area contributed by atoms with Crippen LogP contribution in [-0.2, 0) is 0 Å². The van der Waals surface area contributed by atoms with Crippen molar-refractivity contribution in [2.75, 3.05) is 18.4 Å². The number of anilines is 1. The molecule has 1 saturated heterocycles. The van der Waals surface area contributed by atoms with Crippen LogP contribution in [0.4, 0.5) is 10.5 Å². The maximum absolute atomic E-state index is 12.6. The number of piperidine rings is 1. The maximum atomic E-state index is 12.6. The van der Waals surface area contributed by atoms with Crippen molar-refractivity contribution in [2.24, 2.45) is 0 Å². The van der Waals surface area contributed by atoms with Gasteiger partial charge in [0.2, 0.25) is 0 Å². The van der Waals surface area contributed by atoms with Crippen LogP contribution >= 0.6 is 0 Å². The lowest BCUT2D eigenvalue weighted by molar-refractivity contribution is 0.195. The van der Waals surface area contributed by atoms with E-state index in [0.717, 1.165) is 37.3 Å². The number of hydrogen-bond donors (Lipinski definition) is 2. The Hall–Kier alpha value is -3.28. The van der Waals surface area contributed by atoms with Gasteiger partial charge in [-0.1, -0.05) is 12.1 Å². The lowest BCUT2D eigenvalue weighted by Gasteiger charge is -2.32. The molecule has 2 N–H and O–H groups in total. The van der Waals surface area contributed by atoms with Gasteiger partial charge >= 0.3 is 6.03 Å². The number of imidazole rings is 1. The third-order valence-corrected chi connectivity index (χ3v) is 5.50. The highest BCUT2D eigenvalue weighted by atomic mass is 16.2. The molecule has 0 saturated carbocycles. The molecule has 27 heavy (non-hydrogen) atoms. The molecule has 3 aromatic heterocycles. The third-order valence-electron chi connectivity index (χ3n) is 5.50. The molecule has 1 aromatic carbocycles. The summed E-state index contributed by atoms with van der Waals surface area (Å²) in [5, 5.41) is 4.30. The summed E-state index contributed by atoms with van der Waals surface area (Å²) in [6.07, 6.45) is 9.50. The summed E-state index contributed by atoms with van der Waals surface area (Å²) in [6, 6.07) is 12.3. The molecule has 6 nitrogen and oxygen atoms in total. The van der Waals surface area contributed by atoms with Crippen molar-refractivity contribution in [1.82, 2.24) is 19.3 Å². The highest BCUT2D eigenvalue weighted by Crippen LogP contribution is 2.33. The van der Waals surface area contributed by atoms with Crippen LogP contribution < -0.4 is 5.32 Å². The van der Waals surface area contributed by atoms with Gasteiger partial charge in [0.25, 0.3) is 0 Å². The molecule has 1 aliphatic heterocycles. The number of pyridine rings is 1. The zero-order valence-electron chi connectivity index (χ0n) is 14.9. The molecule has 1 aliphatic rings. The molecule has 0 aliphatic carbocycles. The molecule has 0 unspecified atom stereocenters. The Morgan fingerprint density at radius 3 is 2.93 bits per heavy atom. The SMILES string of the molecule is O=C(Nc1ccn2ccnc2c1)N1CCC(c2cccc3[nH]ccc23)CC1. The Morgan fingerprint density at radius 2 is 2.04 bits per heavy atom. The van der Waals surface area contributed by atoms with E-state index in [1.165, 1.54) is 16.5 Å². The maximum Gasteiger partial charge on any atom is 0.321 e. The number of rotatable bonds is 2. The number of benzene rings is 1. The Morgan fingerprint density at radius 1 is 1.15 bits per heavy atom. The molecule has 0 radical (unpaired) electrons. The minimum atomic E-state index is -0.0378. The first-order valence-electron chi connectivity index (χ1n) is 9.32. The van der Waals surface area contributed by atoms with E-state index in [0.29, 0.717) is 5.92 Å². The lowest BCUT2D eigenvalue weighted by atomic mass is 9.87. The molecule has 4 heterocycles. The van der Waals surface area contributed by atoms with Crippen LogP contribution in [0, 0.1) is 0 Å². The van der Waals surface area contributed by atoms with E-state index in [-0.39, 0.29) is 6.03 Å². The van der Waals surface area contributed by atoms with Gasteiger partial charge in [-0.15, -0.1) is 0 Å². The molecule has 5 rings (SSSR count). The largest absolute Gasteiger partial charge is 0.361 e. The van der Waals surface area contributed by atoms with E-state index in [2.05, 4.69) is 39.6 Å². The van der Waals surface area contributed by atoms with E-state index >= 15 is 0 Å². The van der Waals surface area contributed by atoms with Gasteiger partial charge in [0.05, 0.1) is 0 Å². The number of H-pyrrole nitrogens is 1. The lowest BCUT2D eigenvalue weighted by Crippen LogP contribution is -2.40. The molecule has 0 spiro atoms. The van der Waals surface area contributed by atoms with Crippen LogP contribution in [0.2, 0.25) is 0 Å². The fourth-order valence-corrected chi connectivity index (χ4v) is 4.05. The second kappa shape index (κ2) is 6.46. The monoisotopic (exact) mass is 359 g/mol. The number of carbonyl (C=O) groups excluding carboxylic acids is 1. The van der Waals surface area contributed by atoms with Crippen LogP contribution in [0.5, 0.6) is 0 Å². The normalized spacial score (nSPS) is 15.5. The smallest absolute Gasteiger partial charge is 0.321 e. The number of likely N-dealkylation sites (tertiary alicyclic amines) is 1. The number of fused-ring (bicyclic) bond motifs is 2. The number of aromatic amines is 1. The summed E-state index contributed by atoms with van der Waals surface area (Å²) in [7, 11) is 0. The summed E-state index contributed by atoms with van der Waals surface area (Å²) in [5.41, 5.74) is 4.17. The summed E-state index contributed by atoms with van der Waals surface area (Å²) in [4.78, 5) is 22.1. The molecular weight excluding hydrogens is 338 g/mol. The summed E-state index contributed by atoms with van der Waals surface area (Å²) in [6.45, 7) is 1.53. The minimum absolute atomic E-state index is 0.0378. The van der Waals surface area contributed by atoms with Gasteiger partial charge in [-0.05, 0) is 42.5 Å². The van der Waals surface area contributed by atoms with Gasteiger partial charge < -0.3 is 19.6 Å². The van der Waals surface area contributed by atoms with Crippen LogP contribution in [0.15, 0.2) is 61.2 Å². The minimum Gasteiger partial charge on any atom is -0.361 e. The molecule has 4 aromatic rings. The van der Waals surface area contributed by atoms with Crippen molar-refractivity contribution in [1.29, 1.82) is 0 Å². The zero-order chi connectivity index (χ0) is 18.2. The molecule has 6 heteroatoms. The van der Waals surface area contributed by atoms with Crippen LogP contribution in [0.25, 0.3) is 16.6 Å². The second-order valence-electron chi connectivity index (χ2n) is 7.09. The van der Waals surface area contributed by atoms with Gasteiger partial charge in [0.1, 0.15) is 5.65 Å². The number of amides is 2. The molecular formula is C21H21N5O. The van der Waals surface area contributed by atoms with Crippen LogP contribution in [0.1, 0.15) is 24.3 Å². The summed E-state index contributed by atoms with van der Waals surface area (Å²) >= 11 is 0. The molecule has 2 amide bonds. The fraction of sp³-hybridized carbons (Fsp3) is 0.238. The van der Waals surface area contributed by atoms with Crippen molar-refractivity contribution >= 4 is 28.3 Å². The van der Waals surface area contributed by atoms with E-state index in [1.54, 1.807) is 6.20 Å². The number of urea groups is 1. The van der Waals surface area contributed by atoms with E-state index < -0.39 is 0 Å². The number of carbonyl (C=O) groups is 1. The van der Waals surface area contributed by atoms with Crippen molar-refractivity contribution < 1.29 is 4.79 Å². The number of aromatic nitrogens is 3. The van der Waals surface area contributed by atoms with Gasteiger partial charge in [-0.3, -0.25) is 0 Å². The van der Waals surface area contributed by atoms with Gasteiger partial charge in [0.15, 0.2) is 0 Å². The molecule has 0 atom stereocenters. The van der Waals surface area contributed by atoms with E-state index in [4.69, 9.17) is 0 Å². The first kappa shape index (κ1) is 15.9. The third kappa shape index (κ3) is 2.93. The predicted octanol–water partition coefficient (Wildman–Crippen LogP) is 4.23. The second-order valence-corrected chi connectivity index (χ2v) is 7.09. The van der Waals surface area contributed by atoms with Crippen molar-refractivity contribution in [3.63, 3.8) is 0 Å². The van der Waals surface area contributed by atoms with Crippen LogP contribution in [-0.4, -0.2) is 38.4 Å². The highest BCUT2D eigenvalue weighted by Gasteiger charge is 2.25. The predicted molar refractivity (Wildman–Crippen MR) is 106 cm³/mol. The topological polar surface area (TPSA) is 65.4 Å². The summed E-state index contributed by atoms with van der Waals surface area (Å²) < 4.78 is 1.92. The Labute approximate surface area is 156 Å². The number of nitrogens with one attached hydrogen (secondary N) is 2. The highest BCUT2D eigenvalue weighted by molar-refractivity contribution is 5.90. The van der Waals surface area contributed by atoms with Crippen molar-refractivity contribution in [3.8, 4) is 0 Å². The standard InChI is InChI=1S/C21H21N5O/c27-21(24-16-7-12-25-13-9-23-20(25)14-16)26-10-5-15(6-11-26)17-2-1-3-19-18(17)4-8-22-19/h1-4,7-9,12-15,22H,5-6,10-11H2,(H,24,27). The Kier molecular flexibility index (Phi) is 3.81. The van der Waals surface area contributed by atoms with Gasteiger partial charge in [-0.2, -0.15) is 0 Å². The quantitative estimate of drug-likeness (QED) is 0.562. The first-order valence-corrected chi connectivity index (χ1v) is 9.32. The number of hydrogen-bond acceptors (Lipinski definition) is 2. The first-order chi connectivity index (χ1) is 13.3.